The van der Waals surface area contributed by atoms with Crippen LogP contribution in [0.2, 0.25) is 0 Å². The minimum atomic E-state index is -0.969. The van der Waals surface area contributed by atoms with Crippen LogP contribution >= 0.6 is 0 Å². The molecule has 3 rings (SSSR count). The summed E-state index contributed by atoms with van der Waals surface area (Å²) in [5.74, 6) is -2.48. The summed E-state index contributed by atoms with van der Waals surface area (Å²) in [5.41, 5.74) is 1.77. The van der Waals surface area contributed by atoms with Crippen molar-refractivity contribution >= 4 is 16.9 Å². The molecule has 3 nitrogen and oxygen atoms in total. The number of hydrogen-bond donors (Lipinski definition) is 1. The van der Waals surface area contributed by atoms with Gasteiger partial charge in [0.1, 0.15) is 5.69 Å². The van der Waals surface area contributed by atoms with Gasteiger partial charge >= 0.3 is 5.97 Å². The smallest absolute Gasteiger partial charge is 0.355 e. The van der Waals surface area contributed by atoms with Crippen LogP contribution in [0.1, 0.15) is 17.4 Å². The zero-order chi connectivity index (χ0) is 15.7. The number of benzene rings is 2. The van der Waals surface area contributed by atoms with E-state index < -0.39 is 17.6 Å². The van der Waals surface area contributed by atoms with Crippen molar-refractivity contribution in [3.8, 4) is 11.1 Å². The Kier molecular flexibility index (Phi) is 3.63. The van der Waals surface area contributed by atoms with Crippen molar-refractivity contribution in [3.63, 3.8) is 0 Å². The average Bonchev–Trinajstić information content (AvgIpc) is 2.87. The van der Waals surface area contributed by atoms with Crippen molar-refractivity contribution in [2.45, 2.75) is 6.92 Å². The molecule has 0 aliphatic rings. The Balaban J connectivity index is 2.32. The van der Waals surface area contributed by atoms with Crippen LogP contribution in [0.25, 0.3) is 22.0 Å². The number of aromatic amines is 1. The first kappa shape index (κ1) is 14.3. The van der Waals surface area contributed by atoms with Gasteiger partial charge in [0.15, 0.2) is 11.6 Å². The van der Waals surface area contributed by atoms with Gasteiger partial charge in [0.05, 0.1) is 6.61 Å². The SMILES string of the molecule is CCOC(=O)c1[nH]c2cc(F)c(F)cc2c1-c1ccccc1. The molecule has 0 bridgehead atoms. The second kappa shape index (κ2) is 5.60. The fourth-order valence-corrected chi connectivity index (χ4v) is 2.45. The van der Waals surface area contributed by atoms with E-state index in [-0.39, 0.29) is 12.3 Å². The molecule has 5 heteroatoms. The normalized spacial score (nSPS) is 10.9. The van der Waals surface area contributed by atoms with Crippen molar-refractivity contribution in [3.05, 3.63) is 59.8 Å². The van der Waals surface area contributed by atoms with E-state index in [0.29, 0.717) is 16.5 Å². The van der Waals surface area contributed by atoms with E-state index >= 15 is 0 Å². The predicted molar refractivity (Wildman–Crippen MR) is 79.6 cm³/mol. The molecular formula is C17H13F2NO2. The molecule has 0 fully saturated rings. The average molecular weight is 301 g/mol. The molecule has 0 spiro atoms. The van der Waals surface area contributed by atoms with Crippen molar-refractivity contribution < 1.29 is 18.3 Å². The molecule has 22 heavy (non-hydrogen) atoms. The molecule has 0 atom stereocenters. The van der Waals surface area contributed by atoms with Gasteiger partial charge < -0.3 is 9.72 Å². The maximum absolute atomic E-state index is 13.6. The molecule has 3 aromatic rings. The Bertz CT molecular complexity index is 841. The Hall–Kier alpha value is -2.69. The van der Waals surface area contributed by atoms with Gasteiger partial charge in [0, 0.05) is 22.5 Å². The molecule has 1 N–H and O–H groups in total. The summed E-state index contributed by atoms with van der Waals surface area (Å²) >= 11 is 0. The Labute approximate surface area is 125 Å². The highest BCUT2D eigenvalue weighted by atomic mass is 19.2. The van der Waals surface area contributed by atoms with E-state index in [1.165, 1.54) is 0 Å². The van der Waals surface area contributed by atoms with Gasteiger partial charge in [0.2, 0.25) is 0 Å². The molecule has 0 unspecified atom stereocenters. The number of halogens is 2. The molecule has 1 heterocycles. The van der Waals surface area contributed by atoms with Crippen molar-refractivity contribution in [1.29, 1.82) is 0 Å². The minimum absolute atomic E-state index is 0.188. The van der Waals surface area contributed by atoms with Gasteiger partial charge in [-0.25, -0.2) is 13.6 Å². The third-order valence-electron chi connectivity index (χ3n) is 3.38. The third kappa shape index (κ3) is 2.35. The van der Waals surface area contributed by atoms with Gasteiger partial charge in [0.25, 0.3) is 0 Å². The van der Waals surface area contributed by atoms with Crippen molar-refractivity contribution in [2.75, 3.05) is 6.61 Å². The molecule has 0 amide bonds. The Morgan fingerprint density at radius 2 is 1.82 bits per heavy atom. The zero-order valence-corrected chi connectivity index (χ0v) is 11.8. The lowest BCUT2D eigenvalue weighted by atomic mass is 10.0. The molecule has 0 radical (unpaired) electrons. The number of fused-ring (bicyclic) bond motifs is 1. The molecule has 0 saturated heterocycles. The number of rotatable bonds is 3. The number of H-pyrrole nitrogens is 1. The number of esters is 1. The highest BCUT2D eigenvalue weighted by Crippen LogP contribution is 2.34. The largest absolute Gasteiger partial charge is 0.461 e. The van der Waals surface area contributed by atoms with Crippen LogP contribution in [0.3, 0.4) is 0 Å². The van der Waals surface area contributed by atoms with Gasteiger partial charge in [-0.3, -0.25) is 0 Å². The second-order valence-corrected chi connectivity index (χ2v) is 4.77. The van der Waals surface area contributed by atoms with Crippen LogP contribution in [0.4, 0.5) is 8.78 Å². The lowest BCUT2D eigenvalue weighted by Gasteiger charge is -2.05. The topological polar surface area (TPSA) is 42.1 Å². The summed E-state index contributed by atoms with van der Waals surface area (Å²) in [7, 11) is 0. The van der Waals surface area contributed by atoms with E-state index in [2.05, 4.69) is 4.98 Å². The second-order valence-electron chi connectivity index (χ2n) is 4.77. The van der Waals surface area contributed by atoms with Crippen LogP contribution in [0.5, 0.6) is 0 Å². The van der Waals surface area contributed by atoms with Crippen LogP contribution in [0.15, 0.2) is 42.5 Å². The van der Waals surface area contributed by atoms with E-state index in [1.807, 2.05) is 18.2 Å². The van der Waals surface area contributed by atoms with Crippen molar-refractivity contribution in [1.82, 2.24) is 4.98 Å². The quantitative estimate of drug-likeness (QED) is 0.733. The molecular weight excluding hydrogens is 288 g/mol. The number of nitrogens with one attached hydrogen (secondary N) is 1. The predicted octanol–water partition coefficient (Wildman–Crippen LogP) is 4.29. The number of hydrogen-bond acceptors (Lipinski definition) is 2. The number of carbonyl (C=O) groups excluding carboxylic acids is 1. The van der Waals surface area contributed by atoms with Crippen LogP contribution < -0.4 is 0 Å². The summed E-state index contributed by atoms with van der Waals surface area (Å²) < 4.78 is 32.1. The van der Waals surface area contributed by atoms with E-state index in [1.54, 1.807) is 19.1 Å². The van der Waals surface area contributed by atoms with Crippen LogP contribution in [-0.2, 0) is 4.74 Å². The molecule has 0 aliphatic heterocycles. The first-order valence-corrected chi connectivity index (χ1v) is 6.85. The van der Waals surface area contributed by atoms with Gasteiger partial charge in [-0.15, -0.1) is 0 Å². The fourth-order valence-electron chi connectivity index (χ4n) is 2.45. The molecule has 2 aromatic carbocycles. The Morgan fingerprint density at radius 3 is 2.50 bits per heavy atom. The van der Waals surface area contributed by atoms with Crippen LogP contribution in [0, 0.1) is 11.6 Å². The standard InChI is InChI=1S/C17H13F2NO2/c1-2-22-17(21)16-15(10-6-4-3-5-7-10)11-8-12(18)13(19)9-14(11)20-16/h3-9,20H,2H2,1H3. The molecule has 0 saturated carbocycles. The third-order valence-corrected chi connectivity index (χ3v) is 3.38. The van der Waals surface area contributed by atoms with Crippen LogP contribution in [-0.4, -0.2) is 17.6 Å². The van der Waals surface area contributed by atoms with E-state index in [0.717, 1.165) is 17.7 Å². The number of carbonyl (C=O) groups is 1. The number of aromatic nitrogens is 1. The molecule has 112 valence electrons. The highest BCUT2D eigenvalue weighted by Gasteiger charge is 2.21. The summed E-state index contributed by atoms with van der Waals surface area (Å²) in [6.45, 7) is 1.91. The van der Waals surface area contributed by atoms with Crippen molar-refractivity contribution in [2.24, 2.45) is 0 Å². The zero-order valence-electron chi connectivity index (χ0n) is 11.8. The highest BCUT2D eigenvalue weighted by molar-refractivity contribution is 6.08. The minimum Gasteiger partial charge on any atom is -0.461 e. The number of ether oxygens (including phenoxy) is 1. The molecule has 0 aliphatic carbocycles. The molecule has 1 aromatic heterocycles. The lowest BCUT2D eigenvalue weighted by molar-refractivity contribution is 0.0521. The first-order valence-electron chi connectivity index (χ1n) is 6.85. The first-order chi connectivity index (χ1) is 10.6. The summed E-state index contributed by atoms with van der Waals surface area (Å²) in [6, 6.07) is 11.2. The lowest BCUT2D eigenvalue weighted by Crippen LogP contribution is -2.06. The van der Waals surface area contributed by atoms with E-state index in [9.17, 15) is 13.6 Å². The monoisotopic (exact) mass is 301 g/mol. The van der Waals surface area contributed by atoms with Gasteiger partial charge in [-0.1, -0.05) is 30.3 Å². The fraction of sp³-hybridized carbons (Fsp3) is 0.118. The summed E-state index contributed by atoms with van der Waals surface area (Å²) in [5, 5.41) is 0.438. The summed E-state index contributed by atoms with van der Waals surface area (Å²) in [6.07, 6.45) is 0. The Morgan fingerprint density at radius 1 is 1.14 bits per heavy atom. The van der Waals surface area contributed by atoms with E-state index in [4.69, 9.17) is 4.74 Å². The van der Waals surface area contributed by atoms with Gasteiger partial charge in [-0.05, 0) is 18.6 Å². The summed E-state index contributed by atoms with van der Waals surface area (Å²) in [4.78, 5) is 15.0. The van der Waals surface area contributed by atoms with Gasteiger partial charge in [-0.2, -0.15) is 0 Å². The maximum Gasteiger partial charge on any atom is 0.355 e. The maximum atomic E-state index is 13.6.